The Bertz CT molecular complexity index is 754. The van der Waals surface area contributed by atoms with E-state index in [-0.39, 0.29) is 5.91 Å². The maximum absolute atomic E-state index is 12.5. The highest BCUT2D eigenvalue weighted by molar-refractivity contribution is 9.10. The molecule has 1 aromatic heterocycles. The minimum absolute atomic E-state index is 0.116. The van der Waals surface area contributed by atoms with Gasteiger partial charge in [0.05, 0.1) is 0 Å². The molecule has 3 heterocycles. The lowest BCUT2D eigenvalue weighted by atomic mass is 9.83. The van der Waals surface area contributed by atoms with Crippen LogP contribution in [0.25, 0.3) is 10.9 Å². The molecule has 1 amide bonds. The largest absolute Gasteiger partial charge is 0.354 e. The molecule has 2 unspecified atom stereocenters. The van der Waals surface area contributed by atoms with Crippen LogP contribution in [0.1, 0.15) is 32.1 Å². The van der Waals surface area contributed by atoms with Gasteiger partial charge >= 0.3 is 0 Å². The maximum atomic E-state index is 12.5. The fraction of sp³-hybridized carbons (Fsp3) is 0.550. The first-order valence-corrected chi connectivity index (χ1v) is 10.3. The van der Waals surface area contributed by atoms with Crippen LogP contribution in [0.5, 0.6) is 0 Å². The Hall–Kier alpha value is -1.33. The van der Waals surface area contributed by atoms with Gasteiger partial charge in [0, 0.05) is 34.2 Å². The summed E-state index contributed by atoms with van der Waals surface area (Å²) in [6.45, 7) is 3.71. The molecular formula is C20H26BrN3O. The highest BCUT2D eigenvalue weighted by atomic mass is 79.9. The summed E-state index contributed by atoms with van der Waals surface area (Å²) in [4.78, 5) is 15.1. The van der Waals surface area contributed by atoms with Crippen LogP contribution < -0.4 is 5.32 Å². The zero-order valence-corrected chi connectivity index (χ0v) is 16.2. The molecule has 0 saturated carbocycles. The Labute approximate surface area is 157 Å². The second-order valence-electron chi connectivity index (χ2n) is 7.42. The first-order chi connectivity index (χ1) is 12.2. The lowest BCUT2D eigenvalue weighted by Crippen LogP contribution is -2.51. The van der Waals surface area contributed by atoms with Crippen molar-refractivity contribution in [3.63, 3.8) is 0 Å². The Balaban J connectivity index is 1.36. The Kier molecular flexibility index (Phi) is 5.13. The standard InChI is InChI=1S/C20H26BrN3O/c21-17-6-3-8-19-16(17)9-12-24(19)14-20(25)22-13-15-5-4-11-23-10-2-1-7-18(15)23/h3,6,8-9,12,15,18H,1-2,4-5,7,10-11,13-14H2,(H,22,25). The van der Waals surface area contributed by atoms with Crippen molar-refractivity contribution in [2.45, 2.75) is 44.7 Å². The van der Waals surface area contributed by atoms with Gasteiger partial charge in [-0.25, -0.2) is 0 Å². The summed E-state index contributed by atoms with van der Waals surface area (Å²) in [6.07, 6.45) is 8.51. The van der Waals surface area contributed by atoms with Crippen molar-refractivity contribution in [2.75, 3.05) is 19.6 Å². The number of amides is 1. The number of hydrogen-bond donors (Lipinski definition) is 1. The van der Waals surface area contributed by atoms with E-state index in [4.69, 9.17) is 0 Å². The van der Waals surface area contributed by atoms with E-state index in [1.807, 2.05) is 22.9 Å². The summed E-state index contributed by atoms with van der Waals surface area (Å²) >= 11 is 3.57. The van der Waals surface area contributed by atoms with Crippen LogP contribution in [0, 0.1) is 5.92 Å². The van der Waals surface area contributed by atoms with Gasteiger partial charge in [-0.2, -0.15) is 0 Å². The number of halogens is 1. The second-order valence-corrected chi connectivity index (χ2v) is 8.28. The van der Waals surface area contributed by atoms with Gasteiger partial charge in [0.1, 0.15) is 6.54 Å². The molecule has 2 aromatic rings. The Morgan fingerprint density at radius 3 is 2.96 bits per heavy atom. The highest BCUT2D eigenvalue weighted by Crippen LogP contribution is 2.30. The van der Waals surface area contributed by atoms with Crippen molar-refractivity contribution < 1.29 is 4.79 Å². The van der Waals surface area contributed by atoms with Crippen molar-refractivity contribution in [1.29, 1.82) is 0 Å². The molecule has 5 heteroatoms. The number of carbonyl (C=O) groups is 1. The van der Waals surface area contributed by atoms with Crippen molar-refractivity contribution in [3.8, 4) is 0 Å². The number of nitrogens with one attached hydrogen (secondary N) is 1. The van der Waals surface area contributed by atoms with E-state index < -0.39 is 0 Å². The van der Waals surface area contributed by atoms with Crippen LogP contribution in [-0.2, 0) is 11.3 Å². The molecule has 2 aliphatic rings. The summed E-state index contributed by atoms with van der Waals surface area (Å²) in [5, 5.41) is 4.36. The average Bonchev–Trinajstić information content (AvgIpc) is 3.04. The molecule has 4 rings (SSSR count). The predicted octanol–water partition coefficient (Wildman–Crippen LogP) is 3.78. The lowest BCUT2D eigenvalue weighted by Gasteiger charge is -2.44. The van der Waals surface area contributed by atoms with E-state index in [1.165, 1.54) is 45.2 Å². The number of aromatic nitrogens is 1. The third-order valence-corrected chi connectivity index (χ3v) is 6.56. The normalized spacial score (nSPS) is 24.2. The average molecular weight is 404 g/mol. The number of benzene rings is 1. The Morgan fingerprint density at radius 2 is 2.04 bits per heavy atom. The van der Waals surface area contributed by atoms with E-state index in [9.17, 15) is 4.79 Å². The van der Waals surface area contributed by atoms with Crippen molar-refractivity contribution in [3.05, 3.63) is 34.9 Å². The number of nitrogens with zero attached hydrogens (tertiary/aromatic N) is 2. The van der Waals surface area contributed by atoms with Crippen molar-refractivity contribution in [2.24, 2.45) is 5.92 Å². The SMILES string of the molecule is O=C(Cn1ccc2c(Br)cccc21)NCC1CCCN2CCCCC12. The fourth-order valence-electron chi connectivity index (χ4n) is 4.59. The molecule has 0 bridgehead atoms. The molecule has 134 valence electrons. The molecule has 2 fully saturated rings. The maximum Gasteiger partial charge on any atom is 0.239 e. The first-order valence-electron chi connectivity index (χ1n) is 9.46. The van der Waals surface area contributed by atoms with Crippen LogP contribution in [0.3, 0.4) is 0 Å². The summed E-state index contributed by atoms with van der Waals surface area (Å²) < 4.78 is 3.10. The van der Waals surface area contributed by atoms with E-state index in [0.29, 0.717) is 18.5 Å². The number of carbonyl (C=O) groups excluding carboxylic acids is 1. The van der Waals surface area contributed by atoms with E-state index >= 15 is 0 Å². The fourth-order valence-corrected chi connectivity index (χ4v) is 5.08. The van der Waals surface area contributed by atoms with Crippen LogP contribution in [0.4, 0.5) is 0 Å². The van der Waals surface area contributed by atoms with Crippen molar-refractivity contribution >= 4 is 32.7 Å². The summed E-state index contributed by atoms with van der Waals surface area (Å²) in [7, 11) is 0. The minimum Gasteiger partial charge on any atom is -0.354 e. The van der Waals surface area contributed by atoms with Gasteiger partial charge in [0.25, 0.3) is 0 Å². The molecule has 0 radical (unpaired) electrons. The van der Waals surface area contributed by atoms with Gasteiger partial charge in [-0.05, 0) is 62.9 Å². The Morgan fingerprint density at radius 1 is 1.16 bits per heavy atom. The van der Waals surface area contributed by atoms with E-state index in [1.54, 1.807) is 0 Å². The van der Waals surface area contributed by atoms with E-state index in [2.05, 4.69) is 38.3 Å². The number of hydrogen-bond acceptors (Lipinski definition) is 2. The molecule has 1 N–H and O–H groups in total. The summed E-state index contributed by atoms with van der Waals surface area (Å²) in [5.41, 5.74) is 1.10. The summed E-state index contributed by atoms with van der Waals surface area (Å²) in [6, 6.07) is 8.86. The van der Waals surface area contributed by atoms with Crippen LogP contribution >= 0.6 is 15.9 Å². The van der Waals surface area contributed by atoms with Crippen LogP contribution in [0.15, 0.2) is 34.9 Å². The van der Waals surface area contributed by atoms with Gasteiger partial charge in [0.2, 0.25) is 5.91 Å². The van der Waals surface area contributed by atoms with Gasteiger partial charge in [-0.3, -0.25) is 4.79 Å². The third kappa shape index (κ3) is 3.63. The van der Waals surface area contributed by atoms with E-state index in [0.717, 1.165) is 21.9 Å². The number of rotatable bonds is 4. The predicted molar refractivity (Wildman–Crippen MR) is 105 cm³/mol. The molecule has 2 aliphatic heterocycles. The topological polar surface area (TPSA) is 37.3 Å². The van der Waals surface area contributed by atoms with Gasteiger partial charge in [-0.15, -0.1) is 0 Å². The summed E-state index contributed by atoms with van der Waals surface area (Å²) in [5.74, 6) is 0.735. The molecule has 1 aromatic carbocycles. The van der Waals surface area contributed by atoms with Gasteiger partial charge in [0.15, 0.2) is 0 Å². The third-order valence-electron chi connectivity index (χ3n) is 5.86. The minimum atomic E-state index is 0.116. The molecule has 0 aliphatic carbocycles. The molecule has 0 spiro atoms. The molecule has 2 atom stereocenters. The van der Waals surface area contributed by atoms with Crippen LogP contribution in [-0.4, -0.2) is 41.1 Å². The van der Waals surface area contributed by atoms with Crippen molar-refractivity contribution in [1.82, 2.24) is 14.8 Å². The zero-order chi connectivity index (χ0) is 17.2. The molecule has 2 saturated heterocycles. The molecule has 4 nitrogen and oxygen atoms in total. The number of fused-ring (bicyclic) bond motifs is 2. The molecule has 25 heavy (non-hydrogen) atoms. The quantitative estimate of drug-likeness (QED) is 0.842. The smallest absolute Gasteiger partial charge is 0.239 e. The zero-order valence-electron chi connectivity index (χ0n) is 14.6. The first kappa shape index (κ1) is 17.1. The highest BCUT2D eigenvalue weighted by Gasteiger charge is 2.32. The van der Waals surface area contributed by atoms with Crippen LogP contribution in [0.2, 0.25) is 0 Å². The lowest BCUT2D eigenvalue weighted by molar-refractivity contribution is -0.122. The second kappa shape index (κ2) is 7.50. The number of piperidine rings is 2. The molecular weight excluding hydrogens is 378 g/mol. The van der Waals surface area contributed by atoms with Gasteiger partial charge in [-0.1, -0.05) is 28.4 Å². The monoisotopic (exact) mass is 403 g/mol. The van der Waals surface area contributed by atoms with Gasteiger partial charge < -0.3 is 14.8 Å².